The molecular formula is C8H14Cl2I2O. The van der Waals surface area contributed by atoms with E-state index in [4.69, 9.17) is 27.9 Å². The van der Waals surface area contributed by atoms with Crippen molar-refractivity contribution in [2.75, 3.05) is 0 Å². The molecule has 0 fully saturated rings. The standard InChI is InChI=1S/C8H14Cl2I2O/c1-3-5-7(9,11)13-8(10,12)6-4-2/h3-6H2,1-2H3. The fourth-order valence-corrected chi connectivity index (χ4v) is 4.10. The Labute approximate surface area is 118 Å². The molecule has 1 nitrogen and oxygen atoms in total. The average Bonchev–Trinajstić information content (AvgIpc) is 1.82. The number of alkyl halides is 4. The van der Waals surface area contributed by atoms with Crippen LogP contribution in [0.4, 0.5) is 0 Å². The van der Waals surface area contributed by atoms with Crippen LogP contribution in [0, 0.1) is 0 Å². The Kier molecular flexibility index (Phi) is 7.56. The second-order valence-corrected chi connectivity index (χ2v) is 8.86. The molecule has 0 heterocycles. The average molecular weight is 451 g/mol. The SMILES string of the molecule is CCCC(Cl)(I)OC(Cl)(I)CCC. The van der Waals surface area contributed by atoms with Gasteiger partial charge >= 0.3 is 0 Å². The maximum Gasteiger partial charge on any atom is 0.195 e. The highest BCUT2D eigenvalue weighted by Gasteiger charge is 2.34. The molecule has 0 aliphatic carbocycles. The minimum absolute atomic E-state index is 0.662. The summed E-state index contributed by atoms with van der Waals surface area (Å²) in [5.41, 5.74) is 0. The van der Waals surface area contributed by atoms with Crippen molar-refractivity contribution >= 4 is 68.4 Å². The van der Waals surface area contributed by atoms with Gasteiger partial charge in [-0.1, -0.05) is 49.9 Å². The van der Waals surface area contributed by atoms with Crippen LogP contribution in [0.3, 0.4) is 0 Å². The molecule has 0 radical (unpaired) electrons. The molecule has 5 heteroatoms. The zero-order valence-electron chi connectivity index (χ0n) is 7.75. The van der Waals surface area contributed by atoms with Gasteiger partial charge in [-0.05, 0) is 58.0 Å². The summed E-state index contributed by atoms with van der Waals surface area (Å²) < 4.78 is 4.29. The molecule has 13 heavy (non-hydrogen) atoms. The summed E-state index contributed by atoms with van der Waals surface area (Å²) in [5, 5.41) is 0. The van der Waals surface area contributed by atoms with Crippen molar-refractivity contribution in [1.82, 2.24) is 0 Å². The van der Waals surface area contributed by atoms with Gasteiger partial charge in [-0.3, -0.25) is 0 Å². The van der Waals surface area contributed by atoms with E-state index in [1.165, 1.54) is 0 Å². The Bertz CT molecular complexity index is 135. The molecule has 80 valence electrons. The lowest BCUT2D eigenvalue weighted by atomic mass is 10.3. The summed E-state index contributed by atoms with van der Waals surface area (Å²) in [6.45, 7) is 4.14. The normalized spacial score (nSPS) is 20.8. The molecule has 0 aromatic carbocycles. The lowest BCUT2D eigenvalue weighted by Crippen LogP contribution is -2.28. The molecule has 0 aliphatic heterocycles. The predicted octanol–water partition coefficient (Wildman–Crippen LogP) is 5.26. The summed E-state index contributed by atoms with van der Waals surface area (Å²) in [4.78, 5) is 0. The van der Waals surface area contributed by atoms with Crippen molar-refractivity contribution in [2.45, 2.75) is 45.7 Å². The number of ether oxygens (including phenoxy) is 1. The van der Waals surface area contributed by atoms with Gasteiger partial charge in [0.15, 0.2) is 6.13 Å². The number of hydrogen-bond donors (Lipinski definition) is 0. The molecule has 0 aromatic rings. The van der Waals surface area contributed by atoms with Gasteiger partial charge in [0.2, 0.25) is 0 Å². The van der Waals surface area contributed by atoms with Crippen LogP contribution in [0.1, 0.15) is 39.5 Å². The first-order valence-electron chi connectivity index (χ1n) is 4.29. The highest BCUT2D eigenvalue weighted by atomic mass is 127. The van der Waals surface area contributed by atoms with Crippen LogP contribution < -0.4 is 0 Å². The molecular weight excluding hydrogens is 437 g/mol. The molecule has 2 unspecified atom stereocenters. The molecule has 2 atom stereocenters. The third kappa shape index (κ3) is 7.88. The van der Waals surface area contributed by atoms with Crippen molar-refractivity contribution in [2.24, 2.45) is 0 Å². The summed E-state index contributed by atoms with van der Waals surface area (Å²) in [7, 11) is 0. The first-order chi connectivity index (χ1) is 5.83. The van der Waals surface area contributed by atoms with E-state index in [0.717, 1.165) is 25.7 Å². The van der Waals surface area contributed by atoms with Crippen molar-refractivity contribution in [3.8, 4) is 0 Å². The number of hydrogen-bond acceptors (Lipinski definition) is 1. The minimum atomic E-state index is -0.662. The molecule has 0 bridgehead atoms. The van der Waals surface area contributed by atoms with E-state index in [1.807, 2.05) is 0 Å². The highest BCUT2D eigenvalue weighted by molar-refractivity contribution is 14.1. The molecule has 0 aromatic heterocycles. The zero-order chi connectivity index (χ0) is 10.5. The van der Waals surface area contributed by atoms with Crippen LogP contribution >= 0.6 is 68.4 Å². The smallest absolute Gasteiger partial charge is 0.195 e. The number of halogens is 4. The zero-order valence-corrected chi connectivity index (χ0v) is 13.6. The maximum absolute atomic E-state index is 6.13. The quantitative estimate of drug-likeness (QED) is 0.396. The van der Waals surface area contributed by atoms with Crippen LogP contribution in [0.5, 0.6) is 0 Å². The Balaban J connectivity index is 4.07. The van der Waals surface area contributed by atoms with E-state index in [0.29, 0.717) is 0 Å². The monoisotopic (exact) mass is 450 g/mol. The van der Waals surface area contributed by atoms with Crippen LogP contribution in [-0.4, -0.2) is 6.13 Å². The Morgan fingerprint density at radius 1 is 1.00 bits per heavy atom. The lowest BCUT2D eigenvalue weighted by molar-refractivity contribution is 0.0496. The van der Waals surface area contributed by atoms with Gasteiger partial charge in [0.05, 0.1) is 0 Å². The second kappa shape index (κ2) is 6.55. The Morgan fingerprint density at radius 3 is 1.54 bits per heavy atom. The minimum Gasteiger partial charge on any atom is -0.320 e. The third-order valence-corrected chi connectivity index (χ3v) is 3.43. The van der Waals surface area contributed by atoms with Gasteiger partial charge in [-0.15, -0.1) is 0 Å². The molecule has 0 aliphatic rings. The number of rotatable bonds is 6. The lowest BCUT2D eigenvalue weighted by Gasteiger charge is -2.29. The van der Waals surface area contributed by atoms with Crippen LogP contribution in [-0.2, 0) is 4.74 Å². The van der Waals surface area contributed by atoms with Crippen molar-refractivity contribution in [3.05, 3.63) is 0 Å². The first-order valence-corrected chi connectivity index (χ1v) is 7.20. The van der Waals surface area contributed by atoms with Gasteiger partial charge in [0, 0.05) is 0 Å². The van der Waals surface area contributed by atoms with Gasteiger partial charge in [0.25, 0.3) is 0 Å². The van der Waals surface area contributed by atoms with E-state index in [1.54, 1.807) is 0 Å². The molecule has 0 amide bonds. The van der Waals surface area contributed by atoms with Gasteiger partial charge in [-0.25, -0.2) is 0 Å². The Hall–Kier alpha value is 2.00. The summed E-state index contributed by atoms with van der Waals surface area (Å²) in [6, 6.07) is 0. The van der Waals surface area contributed by atoms with Gasteiger partial charge in [0.1, 0.15) is 0 Å². The van der Waals surface area contributed by atoms with E-state index in [-0.39, 0.29) is 0 Å². The van der Waals surface area contributed by atoms with E-state index in [2.05, 4.69) is 59.0 Å². The fraction of sp³-hybridized carbons (Fsp3) is 1.00. The summed E-state index contributed by atoms with van der Waals surface area (Å²) >= 11 is 16.5. The predicted molar refractivity (Wildman–Crippen MR) is 76.1 cm³/mol. The van der Waals surface area contributed by atoms with Crippen molar-refractivity contribution in [3.63, 3.8) is 0 Å². The maximum atomic E-state index is 6.13. The third-order valence-electron chi connectivity index (χ3n) is 1.38. The van der Waals surface area contributed by atoms with Gasteiger partial charge < -0.3 is 4.74 Å². The van der Waals surface area contributed by atoms with E-state index in [9.17, 15) is 0 Å². The highest BCUT2D eigenvalue weighted by Crippen LogP contribution is 2.42. The van der Waals surface area contributed by atoms with Crippen LogP contribution in [0.2, 0.25) is 0 Å². The largest absolute Gasteiger partial charge is 0.320 e. The molecule has 0 rings (SSSR count). The fourth-order valence-electron chi connectivity index (χ4n) is 0.903. The molecule has 0 saturated heterocycles. The molecule has 0 spiro atoms. The van der Waals surface area contributed by atoms with Crippen molar-refractivity contribution in [1.29, 1.82) is 0 Å². The topological polar surface area (TPSA) is 9.23 Å². The summed E-state index contributed by atoms with van der Waals surface area (Å²) in [6.07, 6.45) is 3.58. The van der Waals surface area contributed by atoms with Gasteiger partial charge in [-0.2, -0.15) is 0 Å². The molecule has 0 N–H and O–H groups in total. The second-order valence-electron chi connectivity index (χ2n) is 2.88. The van der Waals surface area contributed by atoms with Crippen molar-refractivity contribution < 1.29 is 4.74 Å². The Morgan fingerprint density at radius 2 is 1.31 bits per heavy atom. The summed E-state index contributed by atoms with van der Waals surface area (Å²) in [5.74, 6) is 0. The van der Waals surface area contributed by atoms with Crippen LogP contribution in [0.25, 0.3) is 0 Å². The molecule has 0 saturated carbocycles. The first kappa shape index (κ1) is 15.0. The van der Waals surface area contributed by atoms with E-state index < -0.39 is 6.13 Å². The van der Waals surface area contributed by atoms with E-state index >= 15 is 0 Å². The van der Waals surface area contributed by atoms with Crippen LogP contribution in [0.15, 0.2) is 0 Å².